The van der Waals surface area contributed by atoms with Crippen LogP contribution in [0.5, 0.6) is 5.88 Å². The summed E-state index contributed by atoms with van der Waals surface area (Å²) >= 11 is 0. The monoisotopic (exact) mass is 489 g/mol. The molecule has 1 saturated carbocycles. The van der Waals surface area contributed by atoms with Crippen molar-refractivity contribution in [1.29, 1.82) is 0 Å². The van der Waals surface area contributed by atoms with Crippen molar-refractivity contribution >= 4 is 22.6 Å². The third-order valence-electron chi connectivity index (χ3n) is 5.77. The summed E-state index contributed by atoms with van der Waals surface area (Å²) in [6.45, 7) is 2.64. The Morgan fingerprint density at radius 3 is 2.40 bits per heavy atom. The Kier molecular flexibility index (Phi) is 8.47. The van der Waals surface area contributed by atoms with Gasteiger partial charge in [-0.2, -0.15) is 4.39 Å². The molecule has 3 aromatic rings. The van der Waals surface area contributed by atoms with E-state index in [0.717, 1.165) is 18.9 Å². The number of aromatic amines is 2. The van der Waals surface area contributed by atoms with Crippen LogP contribution in [0.1, 0.15) is 29.2 Å². The van der Waals surface area contributed by atoms with Gasteiger partial charge < -0.3 is 19.5 Å². The molecule has 172 valence electrons. The number of anilines is 1. The average molecular weight is 489 g/mol. The number of carbonyl (C=O) groups excluding carboxylic acids is 1. The number of aromatic nitrogens is 3. The van der Waals surface area contributed by atoms with Crippen molar-refractivity contribution in [2.75, 3.05) is 31.1 Å². The van der Waals surface area contributed by atoms with Crippen LogP contribution >= 0.6 is 0 Å². The fourth-order valence-corrected chi connectivity index (χ4v) is 3.98. The van der Waals surface area contributed by atoms with E-state index in [9.17, 15) is 23.6 Å². The van der Waals surface area contributed by atoms with Crippen LogP contribution in [0.15, 0.2) is 32.7 Å². The summed E-state index contributed by atoms with van der Waals surface area (Å²) in [7, 11) is 0. The average Bonchev–Trinajstić information content (AvgIpc) is 3.63. The number of piperazine rings is 1. The molecule has 3 N–H and O–H groups in total. The Morgan fingerprint density at radius 1 is 1.06 bits per heavy atom. The van der Waals surface area contributed by atoms with Crippen molar-refractivity contribution in [1.82, 2.24) is 19.9 Å². The van der Waals surface area contributed by atoms with E-state index >= 15 is 4.39 Å². The molecule has 2 aromatic heterocycles. The molecule has 14 heteroatoms. The third kappa shape index (κ3) is 5.33. The van der Waals surface area contributed by atoms with Crippen molar-refractivity contribution in [2.45, 2.75) is 18.9 Å². The number of nitrogens with zero attached hydrogens (tertiary/aromatic N) is 2. The van der Waals surface area contributed by atoms with Crippen molar-refractivity contribution in [3.8, 4) is 5.88 Å². The summed E-state index contributed by atoms with van der Waals surface area (Å²) in [5, 5.41) is 3.18. The zero-order valence-corrected chi connectivity index (χ0v) is 21.2. The van der Waals surface area contributed by atoms with E-state index in [0.29, 0.717) is 37.4 Å². The Hall–Kier alpha value is -2.20. The van der Waals surface area contributed by atoms with E-state index < -0.39 is 45.7 Å². The smallest absolute Gasteiger partial charge is 0.402 e. The molecule has 3 heterocycles. The van der Waals surface area contributed by atoms with Gasteiger partial charge in [0.1, 0.15) is 11.4 Å². The number of nitrogens with one attached hydrogen (secondary N) is 3. The fraction of sp³-hybridized carbons (Fsp3) is 0.333. The zero-order chi connectivity index (χ0) is 23.3. The molecule has 0 amide bonds. The van der Waals surface area contributed by atoms with Gasteiger partial charge in [-0.25, -0.2) is 14.0 Å². The first-order valence-electron chi connectivity index (χ1n) is 10.4. The molecule has 2 aliphatic rings. The van der Waals surface area contributed by atoms with Crippen LogP contribution in [-0.4, -0.2) is 46.7 Å². The molecule has 1 aliphatic heterocycles. The molecular weight excluding hydrogens is 470 g/mol. The first-order chi connectivity index (χ1) is 15.8. The second kappa shape index (κ2) is 10.8. The standard InChI is InChI=1S/C21H19F2N5O5.Li.Na/c22-13-7-11-14(8-15(13)27-5-3-24-4-6-27)28(10-1-2-10)9-12(17(11)29)20(31)33-19-16(23)18(30)25-21(32)26-19;;/h7-10,24H,1-6H2,(H2,25,26,30,32);;/q;2*+1. The van der Waals surface area contributed by atoms with Gasteiger partial charge in [-0.15, -0.1) is 0 Å². The number of pyridine rings is 1. The van der Waals surface area contributed by atoms with E-state index in [4.69, 9.17) is 4.74 Å². The maximum absolute atomic E-state index is 15.0. The summed E-state index contributed by atoms with van der Waals surface area (Å²) in [6.07, 6.45) is 2.92. The summed E-state index contributed by atoms with van der Waals surface area (Å²) in [4.78, 5) is 54.0. The van der Waals surface area contributed by atoms with Gasteiger partial charge in [0.05, 0.1) is 11.2 Å². The molecule has 0 spiro atoms. The van der Waals surface area contributed by atoms with Gasteiger partial charge in [0.2, 0.25) is 17.1 Å². The molecular formula is C21H19F2LiN5NaO5+2. The Balaban J connectivity index is 0.00000171. The van der Waals surface area contributed by atoms with Crippen molar-refractivity contribution < 1.29 is 66.7 Å². The minimum atomic E-state index is -1.52. The first kappa shape index (κ1) is 27.4. The zero-order valence-electron chi connectivity index (χ0n) is 19.2. The Morgan fingerprint density at radius 2 is 1.74 bits per heavy atom. The second-order valence-electron chi connectivity index (χ2n) is 8.01. The van der Waals surface area contributed by atoms with Crippen LogP contribution < -0.4 is 80.0 Å². The molecule has 0 bridgehead atoms. The van der Waals surface area contributed by atoms with E-state index in [1.807, 2.05) is 9.88 Å². The summed E-state index contributed by atoms with van der Waals surface area (Å²) in [5.41, 5.74) is -2.88. The Bertz CT molecular complexity index is 1460. The number of hydrogen-bond donors (Lipinski definition) is 3. The van der Waals surface area contributed by atoms with Gasteiger partial charge in [0, 0.05) is 43.8 Å². The maximum atomic E-state index is 15.0. The number of halogens is 2. The number of rotatable bonds is 4. The quantitative estimate of drug-likeness (QED) is 0.247. The van der Waals surface area contributed by atoms with Crippen LogP contribution in [0.25, 0.3) is 10.9 Å². The molecule has 10 nitrogen and oxygen atoms in total. The van der Waals surface area contributed by atoms with Gasteiger partial charge in [-0.3, -0.25) is 19.6 Å². The SMILES string of the molecule is O=C(Oc1[nH]c(=O)[nH]c(=O)c1F)c1cn(C2CC2)c2cc(N3CCNCC3)c(F)cc2c1=O.[Li+].[Na+]. The molecule has 0 unspecified atom stereocenters. The molecule has 35 heavy (non-hydrogen) atoms. The summed E-state index contributed by atoms with van der Waals surface area (Å²) in [6, 6.07) is 2.72. The van der Waals surface area contributed by atoms with E-state index in [1.54, 1.807) is 15.6 Å². The van der Waals surface area contributed by atoms with Crippen molar-refractivity contribution in [3.63, 3.8) is 0 Å². The van der Waals surface area contributed by atoms with Gasteiger partial charge in [-0.1, -0.05) is 0 Å². The van der Waals surface area contributed by atoms with Gasteiger partial charge in [-0.05, 0) is 25.0 Å². The molecule has 1 aliphatic carbocycles. The van der Waals surface area contributed by atoms with E-state index in [2.05, 4.69) is 5.32 Å². The predicted molar refractivity (Wildman–Crippen MR) is 114 cm³/mol. The topological polar surface area (TPSA) is 129 Å². The van der Waals surface area contributed by atoms with Gasteiger partial charge >= 0.3 is 60.1 Å². The van der Waals surface area contributed by atoms with Crippen LogP contribution in [0.2, 0.25) is 0 Å². The number of esters is 1. The molecule has 1 saturated heterocycles. The second-order valence-corrected chi connectivity index (χ2v) is 8.01. The molecule has 0 atom stereocenters. The maximum Gasteiger partial charge on any atom is 1.00 e. The van der Waals surface area contributed by atoms with E-state index in [1.165, 1.54) is 6.20 Å². The van der Waals surface area contributed by atoms with Crippen LogP contribution in [0.3, 0.4) is 0 Å². The van der Waals surface area contributed by atoms with Crippen molar-refractivity contribution in [3.05, 3.63) is 66.6 Å². The third-order valence-corrected chi connectivity index (χ3v) is 5.77. The minimum absolute atomic E-state index is 0. The molecule has 5 rings (SSSR count). The first-order valence-corrected chi connectivity index (χ1v) is 10.4. The number of carbonyl (C=O) groups is 1. The molecule has 2 fully saturated rings. The van der Waals surface area contributed by atoms with Crippen molar-refractivity contribution in [2.24, 2.45) is 0 Å². The van der Waals surface area contributed by atoms with Crippen LogP contribution in [0.4, 0.5) is 14.5 Å². The molecule has 1 aromatic carbocycles. The Labute approximate surface area is 230 Å². The number of ether oxygens (including phenoxy) is 1. The number of benzene rings is 1. The normalized spacial score (nSPS) is 15.3. The number of fused-ring (bicyclic) bond motifs is 1. The van der Waals surface area contributed by atoms with E-state index in [-0.39, 0.29) is 59.8 Å². The predicted octanol–water partition coefficient (Wildman–Crippen LogP) is -5.37. The van der Waals surface area contributed by atoms with Gasteiger partial charge in [0.25, 0.3) is 5.56 Å². The largest absolute Gasteiger partial charge is 1.00 e. The van der Waals surface area contributed by atoms with Crippen LogP contribution in [-0.2, 0) is 0 Å². The number of hydrogen-bond acceptors (Lipinski definition) is 7. The van der Waals surface area contributed by atoms with Crippen LogP contribution in [0, 0.1) is 11.6 Å². The summed E-state index contributed by atoms with van der Waals surface area (Å²) < 4.78 is 35.5. The minimum Gasteiger partial charge on any atom is -0.402 e. The molecule has 0 radical (unpaired) electrons. The van der Waals surface area contributed by atoms with Gasteiger partial charge in [0.15, 0.2) is 0 Å². The number of H-pyrrole nitrogens is 2. The summed E-state index contributed by atoms with van der Waals surface area (Å²) in [5.74, 6) is -4.40. The fourth-order valence-electron chi connectivity index (χ4n) is 3.98.